The molecule has 0 aromatic heterocycles. The van der Waals surface area contributed by atoms with E-state index in [0.717, 1.165) is 30.8 Å². The predicted molar refractivity (Wildman–Crippen MR) is 102 cm³/mol. The number of carbonyl (C=O) groups is 3. The first kappa shape index (κ1) is 20.3. The number of nitrogens with one attached hydrogen (secondary N) is 1. The second-order valence-corrected chi connectivity index (χ2v) is 8.04. The lowest BCUT2D eigenvalue weighted by atomic mass is 9.86. The van der Waals surface area contributed by atoms with Crippen molar-refractivity contribution in [1.82, 2.24) is 10.2 Å². The quantitative estimate of drug-likeness (QED) is 0.804. The Morgan fingerprint density at radius 3 is 2.61 bits per heavy atom. The minimum atomic E-state index is -0.879. The van der Waals surface area contributed by atoms with E-state index in [1.165, 1.54) is 12.1 Å². The van der Waals surface area contributed by atoms with E-state index in [1.54, 1.807) is 19.9 Å². The van der Waals surface area contributed by atoms with Crippen molar-refractivity contribution in [2.45, 2.75) is 38.5 Å². The molecule has 2 aliphatic heterocycles. The molecule has 0 aliphatic carbocycles. The fourth-order valence-electron chi connectivity index (χ4n) is 3.90. The van der Waals surface area contributed by atoms with Crippen LogP contribution in [0.25, 0.3) is 0 Å². The number of carbonyl (C=O) groups excluding carboxylic acids is 2. The van der Waals surface area contributed by atoms with Gasteiger partial charge in [-0.3, -0.25) is 9.59 Å². The van der Waals surface area contributed by atoms with E-state index >= 15 is 0 Å². The number of halogens is 1. The summed E-state index contributed by atoms with van der Waals surface area (Å²) in [6.45, 7) is 6.00. The third-order valence-electron chi connectivity index (χ3n) is 5.71. The van der Waals surface area contributed by atoms with Crippen LogP contribution in [0.2, 0.25) is 0 Å². The zero-order valence-corrected chi connectivity index (χ0v) is 16.2. The molecule has 0 saturated carbocycles. The molecule has 0 bridgehead atoms. The highest BCUT2D eigenvalue weighted by atomic mass is 19.1. The number of amides is 3. The number of carboxylic acid groups (broad SMARTS) is 1. The van der Waals surface area contributed by atoms with Crippen molar-refractivity contribution in [3.05, 3.63) is 29.6 Å². The Kier molecular flexibility index (Phi) is 5.69. The molecule has 2 heterocycles. The van der Waals surface area contributed by atoms with Crippen LogP contribution >= 0.6 is 0 Å². The summed E-state index contributed by atoms with van der Waals surface area (Å²) in [6.07, 6.45) is 1.83. The molecule has 7 nitrogen and oxygen atoms in total. The van der Waals surface area contributed by atoms with Crippen molar-refractivity contribution in [3.8, 4) is 0 Å². The Balaban J connectivity index is 1.57. The Hall–Kier alpha value is -2.48. The molecule has 3 rings (SSSR count). The number of likely N-dealkylation sites (tertiary alicyclic amines) is 1. The Morgan fingerprint density at radius 2 is 1.96 bits per heavy atom. The number of imide groups is 1. The van der Waals surface area contributed by atoms with Crippen LogP contribution in [0.3, 0.4) is 0 Å². The molecule has 8 heteroatoms. The molecule has 0 atom stereocenters. The molecule has 1 saturated heterocycles. The van der Waals surface area contributed by atoms with Gasteiger partial charge >= 0.3 is 12.0 Å². The number of carboxylic acids is 1. The van der Waals surface area contributed by atoms with E-state index in [9.17, 15) is 18.8 Å². The Labute approximate surface area is 163 Å². The van der Waals surface area contributed by atoms with Gasteiger partial charge in [0.1, 0.15) is 5.82 Å². The third-order valence-corrected chi connectivity index (χ3v) is 5.71. The molecule has 1 aromatic carbocycles. The highest BCUT2D eigenvalue weighted by molar-refractivity contribution is 6.22. The molecule has 2 N–H and O–H groups in total. The van der Waals surface area contributed by atoms with Crippen molar-refractivity contribution >= 4 is 23.6 Å². The van der Waals surface area contributed by atoms with E-state index < -0.39 is 23.2 Å². The molecule has 1 aromatic rings. The molecule has 0 unspecified atom stereocenters. The van der Waals surface area contributed by atoms with Gasteiger partial charge in [-0.15, -0.1) is 0 Å². The maximum absolute atomic E-state index is 13.7. The molecule has 0 radical (unpaired) electrons. The summed E-state index contributed by atoms with van der Waals surface area (Å²) in [4.78, 5) is 39.3. The van der Waals surface area contributed by atoms with Crippen LogP contribution in [0.5, 0.6) is 0 Å². The number of rotatable bonds is 5. The second-order valence-electron chi connectivity index (χ2n) is 8.04. The van der Waals surface area contributed by atoms with Gasteiger partial charge in [-0.25, -0.2) is 14.1 Å². The van der Waals surface area contributed by atoms with Crippen molar-refractivity contribution in [2.75, 3.05) is 31.1 Å². The normalized spacial score (nSPS) is 19.5. The van der Waals surface area contributed by atoms with E-state index in [-0.39, 0.29) is 18.2 Å². The SMILES string of the molecule is CC1(C)C(=O)N(C(=O)NCC2CCN(CCC(=O)O)CC2)c2cc(F)ccc21. The number of piperidine rings is 1. The van der Waals surface area contributed by atoms with Gasteiger partial charge in [0.25, 0.3) is 0 Å². The lowest BCUT2D eigenvalue weighted by Crippen LogP contribution is -2.47. The minimum Gasteiger partial charge on any atom is -0.481 e. The van der Waals surface area contributed by atoms with Gasteiger partial charge < -0.3 is 15.3 Å². The van der Waals surface area contributed by atoms with Crippen LogP contribution in [0.15, 0.2) is 18.2 Å². The zero-order valence-electron chi connectivity index (χ0n) is 16.2. The van der Waals surface area contributed by atoms with Gasteiger partial charge in [-0.2, -0.15) is 0 Å². The fourth-order valence-corrected chi connectivity index (χ4v) is 3.90. The molecule has 1 fully saturated rings. The van der Waals surface area contributed by atoms with E-state index in [1.807, 2.05) is 0 Å². The van der Waals surface area contributed by atoms with Crippen molar-refractivity contribution < 1.29 is 23.9 Å². The van der Waals surface area contributed by atoms with E-state index in [4.69, 9.17) is 5.11 Å². The fraction of sp³-hybridized carbons (Fsp3) is 0.550. The molecule has 0 spiro atoms. The van der Waals surface area contributed by atoms with Gasteiger partial charge in [0.2, 0.25) is 5.91 Å². The predicted octanol–water partition coefficient (Wildman–Crippen LogP) is 2.35. The zero-order chi connectivity index (χ0) is 20.5. The van der Waals surface area contributed by atoms with Crippen LogP contribution in [0.1, 0.15) is 38.7 Å². The van der Waals surface area contributed by atoms with Crippen LogP contribution in [0, 0.1) is 11.7 Å². The van der Waals surface area contributed by atoms with Crippen LogP contribution in [0.4, 0.5) is 14.9 Å². The number of hydrogen-bond acceptors (Lipinski definition) is 4. The number of fused-ring (bicyclic) bond motifs is 1. The summed E-state index contributed by atoms with van der Waals surface area (Å²) in [5.74, 6) is -1.39. The van der Waals surface area contributed by atoms with Gasteiger partial charge in [0.05, 0.1) is 17.5 Å². The first-order valence-electron chi connectivity index (χ1n) is 9.56. The molecular weight excluding hydrogens is 365 g/mol. The largest absolute Gasteiger partial charge is 0.481 e. The summed E-state index contributed by atoms with van der Waals surface area (Å²) >= 11 is 0. The lowest BCUT2D eigenvalue weighted by molar-refractivity contribution is -0.137. The molecule has 152 valence electrons. The smallest absolute Gasteiger partial charge is 0.328 e. The number of urea groups is 1. The minimum absolute atomic E-state index is 0.129. The number of anilines is 1. The first-order valence-corrected chi connectivity index (χ1v) is 9.56. The van der Waals surface area contributed by atoms with Gasteiger partial charge in [-0.1, -0.05) is 6.07 Å². The van der Waals surface area contributed by atoms with Crippen molar-refractivity contribution in [3.63, 3.8) is 0 Å². The summed E-state index contributed by atoms with van der Waals surface area (Å²) in [6, 6.07) is 3.55. The summed E-state index contributed by atoms with van der Waals surface area (Å²) in [5, 5.41) is 11.6. The average molecular weight is 391 g/mol. The molecule has 2 aliphatic rings. The monoisotopic (exact) mass is 391 g/mol. The third kappa shape index (κ3) is 4.01. The van der Waals surface area contributed by atoms with Crippen molar-refractivity contribution in [1.29, 1.82) is 0 Å². The standard InChI is InChI=1S/C20H26FN3O4/c1-20(2)15-4-3-14(21)11-16(15)24(18(20)27)19(28)22-12-13-5-8-23(9-6-13)10-7-17(25)26/h3-4,11,13H,5-10,12H2,1-2H3,(H,22,28)(H,25,26). The second kappa shape index (κ2) is 7.87. The number of aliphatic carboxylic acids is 1. The highest BCUT2D eigenvalue weighted by Crippen LogP contribution is 2.41. The highest BCUT2D eigenvalue weighted by Gasteiger charge is 2.46. The number of nitrogens with zero attached hydrogens (tertiary/aromatic N) is 2. The van der Waals surface area contributed by atoms with Crippen molar-refractivity contribution in [2.24, 2.45) is 5.92 Å². The van der Waals surface area contributed by atoms with E-state index in [0.29, 0.717) is 24.3 Å². The van der Waals surface area contributed by atoms with Crippen LogP contribution in [-0.2, 0) is 15.0 Å². The van der Waals surface area contributed by atoms with Gasteiger partial charge in [-0.05, 0) is 63.4 Å². The number of benzene rings is 1. The molecule has 28 heavy (non-hydrogen) atoms. The Bertz CT molecular complexity index is 788. The van der Waals surface area contributed by atoms with Crippen LogP contribution in [-0.4, -0.2) is 54.1 Å². The maximum atomic E-state index is 13.7. The topological polar surface area (TPSA) is 90.0 Å². The maximum Gasteiger partial charge on any atom is 0.328 e. The summed E-state index contributed by atoms with van der Waals surface area (Å²) in [5.41, 5.74) is 0.0623. The lowest BCUT2D eigenvalue weighted by Gasteiger charge is -2.32. The number of hydrogen-bond donors (Lipinski definition) is 2. The summed E-state index contributed by atoms with van der Waals surface area (Å²) in [7, 11) is 0. The average Bonchev–Trinajstić information content (AvgIpc) is 2.84. The summed E-state index contributed by atoms with van der Waals surface area (Å²) < 4.78 is 13.7. The van der Waals surface area contributed by atoms with Gasteiger partial charge in [0, 0.05) is 13.1 Å². The van der Waals surface area contributed by atoms with Gasteiger partial charge in [0.15, 0.2) is 0 Å². The first-order chi connectivity index (χ1) is 13.2. The van der Waals surface area contributed by atoms with Crippen LogP contribution < -0.4 is 10.2 Å². The molecular formula is C20H26FN3O4. The van der Waals surface area contributed by atoms with E-state index in [2.05, 4.69) is 10.2 Å². The Morgan fingerprint density at radius 1 is 1.29 bits per heavy atom. The molecule has 3 amide bonds.